The summed E-state index contributed by atoms with van der Waals surface area (Å²) in [7, 11) is 1.26. The summed E-state index contributed by atoms with van der Waals surface area (Å²) in [6.07, 6.45) is 1.42. The van der Waals surface area contributed by atoms with E-state index in [-0.39, 0.29) is 11.7 Å². The Morgan fingerprint density at radius 2 is 1.94 bits per heavy atom. The summed E-state index contributed by atoms with van der Waals surface area (Å²) in [5.74, 6) is 0.164. The molecule has 0 spiro atoms. The molecular formula is C12H11N3O3. The Morgan fingerprint density at radius 1 is 1.22 bits per heavy atom. The molecule has 0 aliphatic heterocycles. The van der Waals surface area contributed by atoms with E-state index in [0.717, 1.165) is 0 Å². The van der Waals surface area contributed by atoms with E-state index in [1.165, 1.54) is 13.3 Å². The topological polar surface area (TPSA) is 87.3 Å². The van der Waals surface area contributed by atoms with E-state index in [4.69, 9.17) is 10.5 Å². The zero-order valence-electron chi connectivity index (χ0n) is 9.66. The first-order chi connectivity index (χ1) is 8.69. The number of carbonyl (C=O) groups is 1. The van der Waals surface area contributed by atoms with Crippen molar-refractivity contribution in [2.75, 3.05) is 12.8 Å². The monoisotopic (exact) mass is 245 g/mol. The Balaban J connectivity index is 2.19. The quantitative estimate of drug-likeness (QED) is 0.653. The van der Waals surface area contributed by atoms with E-state index < -0.39 is 5.97 Å². The van der Waals surface area contributed by atoms with Gasteiger partial charge in [0.25, 0.3) is 0 Å². The van der Waals surface area contributed by atoms with Crippen molar-refractivity contribution in [3.63, 3.8) is 0 Å². The fourth-order valence-corrected chi connectivity index (χ4v) is 1.25. The molecule has 0 radical (unpaired) electrons. The van der Waals surface area contributed by atoms with Crippen LogP contribution in [-0.4, -0.2) is 23.0 Å². The van der Waals surface area contributed by atoms with Gasteiger partial charge in [-0.2, -0.15) is 4.98 Å². The van der Waals surface area contributed by atoms with E-state index in [1.54, 1.807) is 30.3 Å². The third-order valence-corrected chi connectivity index (χ3v) is 2.10. The molecule has 0 aliphatic rings. The fourth-order valence-electron chi connectivity index (χ4n) is 1.25. The van der Waals surface area contributed by atoms with Gasteiger partial charge in [-0.3, -0.25) is 0 Å². The van der Waals surface area contributed by atoms with Crippen molar-refractivity contribution < 1.29 is 14.3 Å². The number of carbonyl (C=O) groups excluding carboxylic acids is 1. The van der Waals surface area contributed by atoms with E-state index in [0.29, 0.717) is 11.4 Å². The molecule has 2 aromatic rings. The normalized spacial score (nSPS) is 9.83. The van der Waals surface area contributed by atoms with Crippen molar-refractivity contribution in [2.45, 2.75) is 0 Å². The zero-order chi connectivity index (χ0) is 13.0. The van der Waals surface area contributed by atoms with Gasteiger partial charge in [-0.25, -0.2) is 9.78 Å². The average Bonchev–Trinajstić information content (AvgIpc) is 2.41. The third kappa shape index (κ3) is 2.73. The summed E-state index contributed by atoms with van der Waals surface area (Å²) in [4.78, 5) is 18.9. The number of methoxy groups -OCH3 is 1. The number of aromatic nitrogens is 2. The number of nitrogens with zero attached hydrogens (tertiary/aromatic N) is 2. The maximum absolute atomic E-state index is 11.2. The number of rotatable bonds is 3. The molecule has 0 unspecified atom stereocenters. The zero-order valence-corrected chi connectivity index (χ0v) is 9.66. The molecule has 0 atom stereocenters. The lowest BCUT2D eigenvalue weighted by Gasteiger charge is -2.05. The predicted molar refractivity (Wildman–Crippen MR) is 64.3 cm³/mol. The lowest BCUT2D eigenvalue weighted by Crippen LogP contribution is -2.07. The first-order valence-corrected chi connectivity index (χ1v) is 5.14. The van der Waals surface area contributed by atoms with E-state index in [9.17, 15) is 4.79 Å². The minimum atomic E-state index is -0.613. The smallest absolute Gasteiger partial charge is 0.376 e. The van der Waals surface area contributed by atoms with Crippen molar-refractivity contribution >= 4 is 11.7 Å². The summed E-state index contributed by atoms with van der Waals surface area (Å²) < 4.78 is 9.98. The molecule has 0 fully saturated rings. The van der Waals surface area contributed by atoms with Crippen LogP contribution in [0.2, 0.25) is 0 Å². The van der Waals surface area contributed by atoms with Crippen LogP contribution >= 0.6 is 0 Å². The van der Waals surface area contributed by atoms with Gasteiger partial charge in [0.2, 0.25) is 11.7 Å². The van der Waals surface area contributed by atoms with Gasteiger partial charge in [0, 0.05) is 18.0 Å². The number of nitrogens with two attached hydrogens (primary N) is 1. The van der Waals surface area contributed by atoms with E-state index >= 15 is 0 Å². The molecule has 0 amide bonds. The van der Waals surface area contributed by atoms with Crippen molar-refractivity contribution in [1.29, 1.82) is 0 Å². The molecule has 6 nitrogen and oxygen atoms in total. The summed E-state index contributed by atoms with van der Waals surface area (Å²) in [6, 6.07) is 8.36. The van der Waals surface area contributed by atoms with Crippen molar-refractivity contribution in [3.05, 3.63) is 42.4 Å². The Kier molecular flexibility index (Phi) is 3.38. The number of hydrogen-bond acceptors (Lipinski definition) is 6. The van der Waals surface area contributed by atoms with Crippen LogP contribution in [0.5, 0.6) is 11.6 Å². The van der Waals surface area contributed by atoms with E-state index in [1.807, 2.05) is 0 Å². The van der Waals surface area contributed by atoms with Gasteiger partial charge in [-0.05, 0) is 24.3 Å². The summed E-state index contributed by atoms with van der Waals surface area (Å²) in [5, 5.41) is 0. The average molecular weight is 245 g/mol. The van der Waals surface area contributed by atoms with Crippen LogP contribution in [-0.2, 0) is 4.74 Å². The van der Waals surface area contributed by atoms with Gasteiger partial charge in [0.1, 0.15) is 5.75 Å². The highest BCUT2D eigenvalue weighted by atomic mass is 16.5. The number of esters is 1. The number of anilines is 1. The summed E-state index contributed by atoms with van der Waals surface area (Å²) in [6.45, 7) is 0. The van der Waals surface area contributed by atoms with Crippen LogP contribution in [0.4, 0.5) is 5.69 Å². The highest BCUT2D eigenvalue weighted by Crippen LogP contribution is 2.20. The number of nitrogen functional groups attached to an aromatic ring is 1. The molecule has 1 heterocycles. The highest BCUT2D eigenvalue weighted by Gasteiger charge is 2.10. The second-order valence-electron chi connectivity index (χ2n) is 3.38. The largest absolute Gasteiger partial charge is 0.463 e. The molecule has 1 aromatic carbocycles. The fraction of sp³-hybridized carbons (Fsp3) is 0.0833. The second kappa shape index (κ2) is 5.13. The molecule has 6 heteroatoms. The first-order valence-electron chi connectivity index (χ1n) is 5.14. The summed E-state index contributed by atoms with van der Waals surface area (Å²) in [5.41, 5.74) is 6.20. The van der Waals surface area contributed by atoms with Crippen LogP contribution < -0.4 is 10.5 Å². The summed E-state index contributed by atoms with van der Waals surface area (Å²) >= 11 is 0. The van der Waals surface area contributed by atoms with Gasteiger partial charge in [0.15, 0.2) is 0 Å². The maximum Gasteiger partial charge on any atom is 0.376 e. The molecule has 92 valence electrons. The van der Waals surface area contributed by atoms with Crippen LogP contribution in [0.25, 0.3) is 0 Å². The lowest BCUT2D eigenvalue weighted by atomic mass is 10.3. The maximum atomic E-state index is 11.2. The Morgan fingerprint density at radius 3 is 2.61 bits per heavy atom. The SMILES string of the molecule is COC(=O)c1nccc(Oc2ccc(N)cc2)n1. The van der Waals surface area contributed by atoms with Crippen molar-refractivity contribution in [1.82, 2.24) is 9.97 Å². The standard InChI is InChI=1S/C12H11N3O3/c1-17-12(16)11-14-7-6-10(15-11)18-9-4-2-8(13)3-5-9/h2-7H,13H2,1H3. The van der Waals surface area contributed by atoms with E-state index in [2.05, 4.69) is 14.7 Å². The minimum absolute atomic E-state index is 0.0505. The number of benzene rings is 1. The molecule has 0 saturated carbocycles. The van der Waals surface area contributed by atoms with Gasteiger partial charge >= 0.3 is 5.97 Å². The van der Waals surface area contributed by atoms with Gasteiger partial charge < -0.3 is 15.2 Å². The number of hydrogen-bond donors (Lipinski definition) is 1. The second-order valence-corrected chi connectivity index (χ2v) is 3.38. The van der Waals surface area contributed by atoms with Crippen LogP contribution in [0.3, 0.4) is 0 Å². The molecular weight excluding hydrogens is 234 g/mol. The molecule has 2 rings (SSSR count). The predicted octanol–water partition coefficient (Wildman–Crippen LogP) is 1.64. The Labute approximate surface area is 103 Å². The van der Waals surface area contributed by atoms with Gasteiger partial charge in [-0.15, -0.1) is 0 Å². The van der Waals surface area contributed by atoms with Crippen LogP contribution in [0.1, 0.15) is 10.6 Å². The van der Waals surface area contributed by atoms with Crippen LogP contribution in [0.15, 0.2) is 36.5 Å². The Hall–Kier alpha value is -2.63. The lowest BCUT2D eigenvalue weighted by molar-refractivity contribution is 0.0585. The van der Waals surface area contributed by atoms with Gasteiger partial charge in [-0.1, -0.05) is 0 Å². The molecule has 0 aliphatic carbocycles. The Bertz CT molecular complexity index is 555. The molecule has 1 aromatic heterocycles. The molecule has 0 saturated heterocycles. The minimum Gasteiger partial charge on any atom is -0.463 e. The number of ether oxygens (including phenoxy) is 2. The van der Waals surface area contributed by atoms with Crippen LogP contribution in [0, 0.1) is 0 Å². The molecule has 0 bridgehead atoms. The van der Waals surface area contributed by atoms with Crippen molar-refractivity contribution in [3.8, 4) is 11.6 Å². The molecule has 2 N–H and O–H groups in total. The van der Waals surface area contributed by atoms with Crippen molar-refractivity contribution in [2.24, 2.45) is 0 Å². The first kappa shape index (κ1) is 11.8. The highest BCUT2D eigenvalue weighted by molar-refractivity contribution is 5.85. The van der Waals surface area contributed by atoms with Gasteiger partial charge in [0.05, 0.1) is 7.11 Å². The molecule has 18 heavy (non-hydrogen) atoms. The third-order valence-electron chi connectivity index (χ3n) is 2.10.